The van der Waals surface area contributed by atoms with Gasteiger partial charge in [-0.05, 0) is 31.2 Å². The monoisotopic (exact) mass is 302 g/mol. The first-order chi connectivity index (χ1) is 10.3. The maximum Gasteiger partial charge on any atom is 0.167 e. The third-order valence-corrected chi connectivity index (χ3v) is 4.05. The molecule has 0 aliphatic carbocycles. The number of hydrogen-bond acceptors (Lipinski definition) is 4. The van der Waals surface area contributed by atoms with Gasteiger partial charge in [-0.1, -0.05) is 12.1 Å². The molecule has 3 rings (SSSR count). The van der Waals surface area contributed by atoms with Gasteiger partial charge in [0.25, 0.3) is 0 Å². The van der Waals surface area contributed by atoms with E-state index in [0.29, 0.717) is 13.2 Å². The summed E-state index contributed by atoms with van der Waals surface area (Å²) >= 11 is 1.64. The van der Waals surface area contributed by atoms with Crippen molar-refractivity contribution >= 4 is 27.2 Å². The minimum atomic E-state index is -0.355. The number of rotatable bonds is 5. The van der Waals surface area contributed by atoms with Crippen LogP contribution in [0.15, 0.2) is 42.5 Å². The Labute approximate surface area is 126 Å². The van der Waals surface area contributed by atoms with E-state index < -0.39 is 0 Å². The summed E-state index contributed by atoms with van der Waals surface area (Å²) < 4.78 is 20.1. The lowest BCUT2D eigenvalue weighted by molar-refractivity contribution is 0.321. The van der Waals surface area contributed by atoms with Crippen LogP contribution in [0.5, 0.6) is 5.75 Å². The van der Waals surface area contributed by atoms with Gasteiger partial charge in [-0.15, -0.1) is 11.3 Å². The van der Waals surface area contributed by atoms with Crippen molar-refractivity contribution in [2.45, 2.75) is 13.5 Å². The summed E-state index contributed by atoms with van der Waals surface area (Å²) in [7, 11) is 0. The molecule has 0 aliphatic heterocycles. The van der Waals surface area contributed by atoms with Gasteiger partial charge in [0.1, 0.15) is 5.01 Å². The van der Waals surface area contributed by atoms with Crippen molar-refractivity contribution in [3.8, 4) is 5.75 Å². The predicted octanol–water partition coefficient (Wildman–Crippen LogP) is 4.45. The lowest BCUT2D eigenvalue weighted by atomic mass is 10.3. The van der Waals surface area contributed by atoms with Crippen molar-refractivity contribution in [1.29, 1.82) is 0 Å². The summed E-state index contributed by atoms with van der Waals surface area (Å²) in [5.74, 6) is -0.0748. The van der Waals surface area contributed by atoms with Crippen molar-refractivity contribution in [3.05, 3.63) is 53.3 Å². The first-order valence-electron chi connectivity index (χ1n) is 6.77. The molecule has 0 aliphatic rings. The van der Waals surface area contributed by atoms with E-state index in [0.717, 1.165) is 20.9 Å². The molecule has 0 saturated carbocycles. The molecule has 0 radical (unpaired) electrons. The number of halogens is 1. The third kappa shape index (κ3) is 3.13. The van der Waals surface area contributed by atoms with Gasteiger partial charge in [0.15, 0.2) is 11.6 Å². The van der Waals surface area contributed by atoms with Crippen LogP contribution in [0.1, 0.15) is 11.9 Å². The summed E-state index contributed by atoms with van der Waals surface area (Å²) in [4.78, 5) is 4.53. The minimum Gasteiger partial charge on any atom is -0.491 e. The maximum absolute atomic E-state index is 13.8. The molecule has 0 saturated heterocycles. The first-order valence-corrected chi connectivity index (χ1v) is 7.58. The van der Waals surface area contributed by atoms with Crippen LogP contribution in [0.4, 0.5) is 10.1 Å². The van der Waals surface area contributed by atoms with Crippen LogP contribution >= 0.6 is 11.3 Å². The Hall–Kier alpha value is -2.14. The van der Waals surface area contributed by atoms with Crippen LogP contribution in [-0.4, -0.2) is 11.6 Å². The number of thiazole rings is 1. The molecular formula is C16H15FN2OS. The standard InChI is InChI=1S/C16H15FN2OS/c1-2-20-14-8-7-11(9-12(14)17)18-10-16-19-13-5-3-4-6-15(13)21-16/h3-9,18H,2,10H2,1H3. The second-order valence-corrected chi connectivity index (χ2v) is 5.62. The number of anilines is 1. The number of fused-ring (bicyclic) bond motifs is 1. The number of ether oxygens (including phenoxy) is 1. The Balaban J connectivity index is 1.70. The fourth-order valence-electron chi connectivity index (χ4n) is 2.06. The molecule has 1 heterocycles. The molecule has 21 heavy (non-hydrogen) atoms. The lowest BCUT2D eigenvalue weighted by Gasteiger charge is -2.08. The van der Waals surface area contributed by atoms with Gasteiger partial charge in [0.05, 0.1) is 23.4 Å². The maximum atomic E-state index is 13.8. The number of benzene rings is 2. The van der Waals surface area contributed by atoms with Crippen molar-refractivity contribution < 1.29 is 9.13 Å². The molecule has 1 N–H and O–H groups in total. The molecule has 0 unspecified atom stereocenters. The van der Waals surface area contributed by atoms with E-state index in [2.05, 4.69) is 10.3 Å². The lowest BCUT2D eigenvalue weighted by Crippen LogP contribution is -2.00. The number of nitrogens with zero attached hydrogens (tertiary/aromatic N) is 1. The van der Waals surface area contributed by atoms with Crippen LogP contribution in [-0.2, 0) is 6.54 Å². The average molecular weight is 302 g/mol. The summed E-state index contributed by atoms with van der Waals surface area (Å²) in [6.07, 6.45) is 0. The molecule has 0 atom stereocenters. The van der Waals surface area contributed by atoms with Crippen LogP contribution < -0.4 is 10.1 Å². The minimum absolute atomic E-state index is 0.281. The average Bonchev–Trinajstić information content (AvgIpc) is 2.90. The largest absolute Gasteiger partial charge is 0.491 e. The van der Waals surface area contributed by atoms with E-state index in [1.165, 1.54) is 6.07 Å². The number of aromatic nitrogens is 1. The van der Waals surface area contributed by atoms with Gasteiger partial charge in [-0.3, -0.25) is 0 Å². The Bertz CT molecular complexity index is 724. The highest BCUT2D eigenvalue weighted by Gasteiger charge is 2.06. The molecule has 1 aromatic heterocycles. The van der Waals surface area contributed by atoms with Crippen molar-refractivity contribution in [1.82, 2.24) is 4.98 Å². The zero-order valence-electron chi connectivity index (χ0n) is 11.6. The molecule has 5 heteroatoms. The van der Waals surface area contributed by atoms with Gasteiger partial charge in [0, 0.05) is 11.8 Å². The molecular weight excluding hydrogens is 287 g/mol. The third-order valence-electron chi connectivity index (χ3n) is 3.01. The second-order valence-electron chi connectivity index (χ2n) is 4.51. The highest BCUT2D eigenvalue weighted by molar-refractivity contribution is 7.18. The quantitative estimate of drug-likeness (QED) is 0.756. The van der Waals surface area contributed by atoms with E-state index in [1.807, 2.05) is 31.2 Å². The Kier molecular flexibility index (Phi) is 4.01. The Morgan fingerprint density at radius 3 is 2.86 bits per heavy atom. The summed E-state index contributed by atoms with van der Waals surface area (Å²) in [5.41, 5.74) is 1.72. The van der Waals surface area contributed by atoms with E-state index >= 15 is 0 Å². The summed E-state index contributed by atoms with van der Waals surface area (Å²) in [6, 6.07) is 12.9. The topological polar surface area (TPSA) is 34.1 Å². The van der Waals surface area contributed by atoms with Crippen molar-refractivity contribution in [2.24, 2.45) is 0 Å². The first kappa shape index (κ1) is 13.8. The normalized spacial score (nSPS) is 10.8. The van der Waals surface area contributed by atoms with Gasteiger partial charge in [-0.2, -0.15) is 0 Å². The second kappa shape index (κ2) is 6.10. The summed E-state index contributed by atoms with van der Waals surface area (Å²) in [5, 5.41) is 4.16. The predicted molar refractivity (Wildman–Crippen MR) is 84.5 cm³/mol. The van der Waals surface area contributed by atoms with E-state index in [4.69, 9.17) is 4.74 Å². The van der Waals surface area contributed by atoms with Crippen molar-refractivity contribution in [3.63, 3.8) is 0 Å². The fraction of sp³-hybridized carbons (Fsp3) is 0.188. The molecule has 3 nitrogen and oxygen atoms in total. The molecule has 0 bridgehead atoms. The van der Waals surface area contributed by atoms with E-state index in [1.54, 1.807) is 23.5 Å². The van der Waals surface area contributed by atoms with Crippen molar-refractivity contribution in [2.75, 3.05) is 11.9 Å². The van der Waals surface area contributed by atoms with Crippen LogP contribution in [0, 0.1) is 5.82 Å². The SMILES string of the molecule is CCOc1ccc(NCc2nc3ccccc3s2)cc1F. The Morgan fingerprint density at radius 2 is 2.10 bits per heavy atom. The van der Waals surface area contributed by atoms with Gasteiger partial charge in [-0.25, -0.2) is 9.37 Å². The highest BCUT2D eigenvalue weighted by Crippen LogP contribution is 2.24. The number of nitrogens with one attached hydrogen (secondary N) is 1. The molecule has 3 aromatic rings. The van der Waals surface area contributed by atoms with Crippen LogP contribution in [0.3, 0.4) is 0 Å². The molecule has 2 aromatic carbocycles. The molecule has 0 fully saturated rings. The molecule has 108 valence electrons. The number of hydrogen-bond donors (Lipinski definition) is 1. The van der Waals surface area contributed by atoms with Gasteiger partial charge < -0.3 is 10.1 Å². The van der Waals surface area contributed by atoms with Crippen LogP contribution in [0.2, 0.25) is 0 Å². The smallest absolute Gasteiger partial charge is 0.167 e. The van der Waals surface area contributed by atoms with E-state index in [9.17, 15) is 4.39 Å². The van der Waals surface area contributed by atoms with Crippen LogP contribution in [0.25, 0.3) is 10.2 Å². The summed E-state index contributed by atoms with van der Waals surface area (Å²) in [6.45, 7) is 2.86. The zero-order chi connectivity index (χ0) is 14.7. The van der Waals surface area contributed by atoms with E-state index in [-0.39, 0.29) is 11.6 Å². The number of para-hydroxylation sites is 1. The fourth-order valence-corrected chi connectivity index (χ4v) is 2.96. The Morgan fingerprint density at radius 1 is 1.24 bits per heavy atom. The molecule has 0 amide bonds. The van der Waals surface area contributed by atoms with Gasteiger partial charge in [0.2, 0.25) is 0 Å². The molecule has 0 spiro atoms. The van der Waals surface area contributed by atoms with Gasteiger partial charge >= 0.3 is 0 Å². The highest BCUT2D eigenvalue weighted by atomic mass is 32.1. The zero-order valence-corrected chi connectivity index (χ0v) is 12.4.